The van der Waals surface area contributed by atoms with Gasteiger partial charge in [0.2, 0.25) is 11.8 Å². The molecule has 1 fully saturated rings. The standard InChI is InChI=1S/C28H46N4O8/c1-3-5-7-9-11-15-24(34)31(39)19-13-17-29-23(33)21-28(38)22-26(36)30(27(28)37)18-14-20-32(40)25(35)16-12-10-8-6-4-2/h11-12,15-16,38-40H,3-10,13-14,17-22H2,1-2H3,(H,29,33)/b15-11+,16-12+. The van der Waals surface area contributed by atoms with Crippen LogP contribution in [0.2, 0.25) is 0 Å². The van der Waals surface area contributed by atoms with Crippen molar-refractivity contribution < 1.29 is 39.5 Å². The smallest absolute Gasteiger partial charge is 0.269 e. The lowest BCUT2D eigenvalue weighted by molar-refractivity contribution is -0.160. The van der Waals surface area contributed by atoms with Crippen molar-refractivity contribution in [1.82, 2.24) is 20.3 Å². The number of likely N-dealkylation sites (tertiary alicyclic amines) is 1. The first-order chi connectivity index (χ1) is 19.1. The Bertz CT molecular complexity index is 907. The second-order valence-corrected chi connectivity index (χ2v) is 10.0. The van der Waals surface area contributed by atoms with Crippen LogP contribution in [0.25, 0.3) is 0 Å². The van der Waals surface area contributed by atoms with Crippen molar-refractivity contribution in [3.8, 4) is 0 Å². The van der Waals surface area contributed by atoms with Crippen LogP contribution in [0, 0.1) is 0 Å². The highest BCUT2D eigenvalue weighted by atomic mass is 16.5. The number of aliphatic hydroxyl groups is 1. The van der Waals surface area contributed by atoms with Crippen LogP contribution in [0.15, 0.2) is 24.3 Å². The van der Waals surface area contributed by atoms with Crippen molar-refractivity contribution in [1.29, 1.82) is 0 Å². The van der Waals surface area contributed by atoms with Gasteiger partial charge in [0.05, 0.1) is 25.9 Å². The number of rotatable bonds is 20. The number of nitrogens with zero attached hydrogens (tertiary/aromatic N) is 3. The third-order valence-electron chi connectivity index (χ3n) is 6.44. The van der Waals surface area contributed by atoms with E-state index in [0.29, 0.717) is 10.1 Å². The Kier molecular flexibility index (Phi) is 16.7. The molecule has 1 rings (SSSR count). The second kappa shape index (κ2) is 19.1. The van der Waals surface area contributed by atoms with Gasteiger partial charge < -0.3 is 10.4 Å². The van der Waals surface area contributed by atoms with E-state index in [9.17, 15) is 39.5 Å². The average molecular weight is 567 g/mol. The lowest BCUT2D eigenvalue weighted by Gasteiger charge is -2.21. The zero-order chi connectivity index (χ0) is 30.0. The minimum Gasteiger partial charge on any atom is -0.379 e. The highest BCUT2D eigenvalue weighted by Gasteiger charge is 2.51. The van der Waals surface area contributed by atoms with Crippen molar-refractivity contribution in [2.24, 2.45) is 0 Å². The summed E-state index contributed by atoms with van der Waals surface area (Å²) >= 11 is 0. The summed E-state index contributed by atoms with van der Waals surface area (Å²) in [6.07, 6.45) is 12.8. The van der Waals surface area contributed by atoms with E-state index in [1.165, 1.54) is 12.2 Å². The first-order valence-electron chi connectivity index (χ1n) is 14.2. The van der Waals surface area contributed by atoms with Gasteiger partial charge in [-0.1, -0.05) is 51.7 Å². The summed E-state index contributed by atoms with van der Waals surface area (Å²) in [5, 5.41) is 33.9. The fourth-order valence-electron chi connectivity index (χ4n) is 4.10. The van der Waals surface area contributed by atoms with Gasteiger partial charge in [0.15, 0.2) is 5.60 Å². The molecule has 1 heterocycles. The van der Waals surface area contributed by atoms with Crippen LogP contribution in [0.4, 0.5) is 0 Å². The van der Waals surface area contributed by atoms with Crippen LogP contribution in [-0.2, 0) is 24.0 Å². The first kappa shape index (κ1) is 34.9. The number of imide groups is 1. The molecule has 1 atom stereocenters. The van der Waals surface area contributed by atoms with Crippen LogP contribution in [0.3, 0.4) is 0 Å². The molecule has 226 valence electrons. The number of hydroxylamine groups is 4. The lowest BCUT2D eigenvalue weighted by Crippen LogP contribution is -2.45. The van der Waals surface area contributed by atoms with Gasteiger partial charge >= 0.3 is 0 Å². The molecule has 40 heavy (non-hydrogen) atoms. The highest BCUT2D eigenvalue weighted by molar-refractivity contribution is 6.09. The summed E-state index contributed by atoms with van der Waals surface area (Å²) in [5.41, 5.74) is -2.18. The SMILES string of the molecule is CCCCC/C=C/C(=O)N(O)CCCNC(=O)CC1(O)CC(=O)N(CCCN(O)C(=O)/C=C/CCCCC)C1=O. The van der Waals surface area contributed by atoms with Crippen molar-refractivity contribution in [3.05, 3.63) is 24.3 Å². The predicted octanol–water partition coefficient (Wildman–Crippen LogP) is 2.47. The van der Waals surface area contributed by atoms with E-state index in [1.54, 1.807) is 12.2 Å². The Labute approximate surface area is 236 Å². The van der Waals surface area contributed by atoms with Crippen molar-refractivity contribution >= 4 is 29.5 Å². The quantitative estimate of drug-likeness (QED) is 0.0573. The van der Waals surface area contributed by atoms with Crippen molar-refractivity contribution in [3.63, 3.8) is 0 Å². The molecule has 4 N–H and O–H groups in total. The normalized spacial score (nSPS) is 17.3. The molecule has 1 saturated heterocycles. The largest absolute Gasteiger partial charge is 0.379 e. The number of amides is 5. The molecule has 0 saturated carbocycles. The molecular formula is C28H46N4O8. The Hall–Kier alpha value is -3.09. The molecule has 0 aromatic rings. The zero-order valence-corrected chi connectivity index (χ0v) is 23.8. The van der Waals surface area contributed by atoms with Gasteiger partial charge in [0, 0.05) is 25.2 Å². The maximum Gasteiger partial charge on any atom is 0.269 e. The molecule has 0 aliphatic carbocycles. The van der Waals surface area contributed by atoms with E-state index >= 15 is 0 Å². The fourth-order valence-corrected chi connectivity index (χ4v) is 4.10. The van der Waals surface area contributed by atoms with Crippen LogP contribution in [-0.4, -0.2) is 91.9 Å². The van der Waals surface area contributed by atoms with Crippen LogP contribution >= 0.6 is 0 Å². The number of hydrogen-bond acceptors (Lipinski definition) is 8. The van der Waals surface area contributed by atoms with E-state index in [4.69, 9.17) is 0 Å². The summed E-state index contributed by atoms with van der Waals surface area (Å²) in [7, 11) is 0. The maximum atomic E-state index is 12.7. The zero-order valence-electron chi connectivity index (χ0n) is 23.8. The van der Waals surface area contributed by atoms with Gasteiger partial charge in [-0.25, -0.2) is 10.1 Å². The van der Waals surface area contributed by atoms with Gasteiger partial charge in [-0.2, -0.15) is 0 Å². The summed E-state index contributed by atoms with van der Waals surface area (Å²) in [6, 6.07) is 0. The summed E-state index contributed by atoms with van der Waals surface area (Å²) in [5.74, 6) is -3.37. The van der Waals surface area contributed by atoms with Gasteiger partial charge in [-0.3, -0.25) is 39.3 Å². The summed E-state index contributed by atoms with van der Waals surface area (Å²) in [4.78, 5) is 61.9. The lowest BCUT2D eigenvalue weighted by atomic mass is 9.97. The van der Waals surface area contributed by atoms with E-state index in [0.717, 1.165) is 56.3 Å². The van der Waals surface area contributed by atoms with E-state index in [-0.39, 0.29) is 39.0 Å². The van der Waals surface area contributed by atoms with Crippen LogP contribution in [0.5, 0.6) is 0 Å². The summed E-state index contributed by atoms with van der Waals surface area (Å²) < 4.78 is 0. The molecule has 1 aliphatic heterocycles. The molecule has 0 bridgehead atoms. The molecular weight excluding hydrogens is 520 g/mol. The average Bonchev–Trinajstić information content (AvgIpc) is 3.12. The van der Waals surface area contributed by atoms with Crippen molar-refractivity contribution in [2.75, 3.05) is 26.2 Å². The Balaban J connectivity index is 2.38. The number of nitrogens with one attached hydrogen (secondary N) is 1. The highest BCUT2D eigenvalue weighted by Crippen LogP contribution is 2.27. The molecule has 5 amide bonds. The Morgan fingerprint density at radius 3 is 1.93 bits per heavy atom. The van der Waals surface area contributed by atoms with Crippen LogP contribution < -0.4 is 5.32 Å². The predicted molar refractivity (Wildman–Crippen MR) is 147 cm³/mol. The number of carbonyl (C=O) groups excluding carboxylic acids is 5. The van der Waals surface area contributed by atoms with E-state index < -0.39 is 48.0 Å². The molecule has 0 radical (unpaired) electrons. The van der Waals surface area contributed by atoms with Crippen molar-refractivity contribution in [2.45, 2.75) is 96.5 Å². The van der Waals surface area contributed by atoms with E-state index in [2.05, 4.69) is 19.2 Å². The Morgan fingerprint density at radius 1 is 0.875 bits per heavy atom. The Morgan fingerprint density at radius 2 is 1.40 bits per heavy atom. The monoisotopic (exact) mass is 566 g/mol. The van der Waals surface area contributed by atoms with Gasteiger partial charge in [-0.05, 0) is 38.5 Å². The van der Waals surface area contributed by atoms with Gasteiger partial charge in [0.25, 0.3) is 17.7 Å². The minimum absolute atomic E-state index is 0.0209. The first-order valence-corrected chi connectivity index (χ1v) is 14.2. The van der Waals surface area contributed by atoms with Crippen LogP contribution in [0.1, 0.15) is 90.9 Å². The molecule has 1 unspecified atom stereocenters. The molecule has 1 aliphatic rings. The molecule has 0 aromatic heterocycles. The maximum absolute atomic E-state index is 12.7. The molecule has 12 heteroatoms. The minimum atomic E-state index is -2.18. The number of hydrogen-bond donors (Lipinski definition) is 4. The summed E-state index contributed by atoms with van der Waals surface area (Å²) in [6.45, 7) is 3.97. The number of unbranched alkanes of at least 4 members (excludes halogenated alkanes) is 6. The number of allylic oxidation sites excluding steroid dienone is 2. The molecule has 0 aromatic carbocycles. The van der Waals surface area contributed by atoms with E-state index in [1.807, 2.05) is 0 Å². The third-order valence-corrected chi connectivity index (χ3v) is 6.44. The van der Waals surface area contributed by atoms with Gasteiger partial charge in [0.1, 0.15) is 0 Å². The second-order valence-electron chi connectivity index (χ2n) is 10.0. The molecule has 0 spiro atoms. The van der Waals surface area contributed by atoms with Gasteiger partial charge in [-0.15, -0.1) is 0 Å². The molecule has 12 nitrogen and oxygen atoms in total. The topological polar surface area (TPSA) is 168 Å². The third kappa shape index (κ3) is 12.8. The fraction of sp³-hybridized carbons (Fsp3) is 0.679. The number of carbonyl (C=O) groups is 5.